The third-order valence-corrected chi connectivity index (χ3v) is 4.75. The predicted molar refractivity (Wildman–Crippen MR) is 84.1 cm³/mol. The minimum atomic E-state index is 0.215. The number of carbonyl (C=O) groups is 1. The van der Waals surface area contributed by atoms with E-state index in [4.69, 9.17) is 10.5 Å². The van der Waals surface area contributed by atoms with Gasteiger partial charge in [-0.05, 0) is 51.0 Å². The Hall–Kier alpha value is -0.650. The molecule has 3 N–H and O–H groups in total. The molecule has 0 radical (unpaired) electrons. The molecular weight excluding hydrogens is 266 g/mol. The summed E-state index contributed by atoms with van der Waals surface area (Å²) in [5.74, 6) is 0.927. The molecule has 0 atom stereocenters. The zero-order valence-corrected chi connectivity index (χ0v) is 13.2. The lowest BCUT2D eigenvalue weighted by molar-refractivity contribution is -0.121. The monoisotopic (exact) mass is 297 g/mol. The Bertz CT molecular complexity index is 298. The molecule has 1 aliphatic carbocycles. The second-order valence-electron chi connectivity index (χ2n) is 6.48. The van der Waals surface area contributed by atoms with Crippen molar-refractivity contribution in [1.82, 2.24) is 10.2 Å². The Morgan fingerprint density at radius 1 is 1.19 bits per heavy atom. The highest BCUT2D eigenvalue weighted by Crippen LogP contribution is 2.26. The Kier molecular flexibility index (Phi) is 7.47. The molecule has 5 heteroatoms. The highest BCUT2D eigenvalue weighted by atomic mass is 16.5. The fourth-order valence-corrected chi connectivity index (χ4v) is 3.26. The van der Waals surface area contributed by atoms with Crippen LogP contribution in [-0.4, -0.2) is 56.2 Å². The fraction of sp³-hybridized carbons (Fsp3) is 0.938. The van der Waals surface area contributed by atoms with E-state index in [-0.39, 0.29) is 5.91 Å². The van der Waals surface area contributed by atoms with E-state index in [1.54, 1.807) is 0 Å². The van der Waals surface area contributed by atoms with Crippen LogP contribution in [0.25, 0.3) is 0 Å². The van der Waals surface area contributed by atoms with E-state index in [0.717, 1.165) is 65.1 Å². The minimum absolute atomic E-state index is 0.215. The van der Waals surface area contributed by atoms with Gasteiger partial charge in [-0.25, -0.2) is 0 Å². The first kappa shape index (κ1) is 16.7. The first-order valence-corrected chi connectivity index (χ1v) is 8.56. The summed E-state index contributed by atoms with van der Waals surface area (Å²) in [6, 6.07) is 0.398. The van der Waals surface area contributed by atoms with Crippen molar-refractivity contribution in [3.8, 4) is 0 Å². The van der Waals surface area contributed by atoms with Crippen molar-refractivity contribution in [1.29, 1.82) is 0 Å². The number of carbonyl (C=O) groups excluding carboxylic acids is 1. The van der Waals surface area contributed by atoms with Crippen molar-refractivity contribution in [2.45, 2.75) is 51.0 Å². The average molecular weight is 297 g/mol. The van der Waals surface area contributed by atoms with Gasteiger partial charge in [-0.3, -0.25) is 9.69 Å². The molecule has 0 aromatic rings. The van der Waals surface area contributed by atoms with Crippen LogP contribution in [0.4, 0.5) is 0 Å². The van der Waals surface area contributed by atoms with Gasteiger partial charge in [-0.2, -0.15) is 0 Å². The third kappa shape index (κ3) is 6.76. The quantitative estimate of drug-likeness (QED) is 0.691. The van der Waals surface area contributed by atoms with Crippen LogP contribution in [0.5, 0.6) is 0 Å². The van der Waals surface area contributed by atoms with Crippen molar-refractivity contribution in [3.05, 3.63) is 0 Å². The lowest BCUT2D eigenvalue weighted by Crippen LogP contribution is -2.38. The van der Waals surface area contributed by atoms with Crippen LogP contribution in [0.3, 0.4) is 0 Å². The molecule has 2 fully saturated rings. The summed E-state index contributed by atoms with van der Waals surface area (Å²) in [6.45, 7) is 5.60. The summed E-state index contributed by atoms with van der Waals surface area (Å²) in [5.41, 5.74) is 5.90. The number of hydrogen-bond donors (Lipinski definition) is 2. The van der Waals surface area contributed by atoms with Crippen LogP contribution in [0.1, 0.15) is 44.9 Å². The lowest BCUT2D eigenvalue weighted by atomic mass is 9.84. The molecule has 1 heterocycles. The fourth-order valence-electron chi connectivity index (χ4n) is 3.26. The summed E-state index contributed by atoms with van der Waals surface area (Å²) in [7, 11) is 0. The van der Waals surface area contributed by atoms with E-state index in [1.165, 1.54) is 12.8 Å². The van der Waals surface area contributed by atoms with Crippen LogP contribution in [0.15, 0.2) is 0 Å². The Labute approximate surface area is 128 Å². The third-order valence-electron chi connectivity index (χ3n) is 4.75. The van der Waals surface area contributed by atoms with E-state index in [9.17, 15) is 4.79 Å². The van der Waals surface area contributed by atoms with Crippen molar-refractivity contribution in [2.24, 2.45) is 11.7 Å². The molecule has 1 saturated heterocycles. The molecule has 0 aromatic carbocycles. The summed E-state index contributed by atoms with van der Waals surface area (Å²) in [5, 5.41) is 3.05. The van der Waals surface area contributed by atoms with Crippen LogP contribution in [0, 0.1) is 5.92 Å². The van der Waals surface area contributed by atoms with E-state index in [1.807, 2.05) is 0 Å². The molecule has 1 aliphatic heterocycles. The molecule has 0 bridgehead atoms. The van der Waals surface area contributed by atoms with Crippen LogP contribution >= 0.6 is 0 Å². The van der Waals surface area contributed by atoms with Crippen molar-refractivity contribution in [2.75, 3.05) is 39.4 Å². The Balaban J connectivity index is 1.45. The van der Waals surface area contributed by atoms with Crippen LogP contribution in [0.2, 0.25) is 0 Å². The number of nitrogens with two attached hydrogens (primary N) is 1. The predicted octanol–water partition coefficient (Wildman–Crippen LogP) is 1.12. The maximum Gasteiger partial charge on any atom is 0.220 e. The van der Waals surface area contributed by atoms with Gasteiger partial charge in [0.05, 0.1) is 13.2 Å². The van der Waals surface area contributed by atoms with E-state index < -0.39 is 0 Å². The zero-order chi connectivity index (χ0) is 14.9. The number of ether oxygens (including phenoxy) is 1. The molecule has 0 spiro atoms. The lowest BCUT2D eigenvalue weighted by Gasteiger charge is -2.26. The molecule has 122 valence electrons. The van der Waals surface area contributed by atoms with Gasteiger partial charge in [0.2, 0.25) is 5.91 Å². The van der Waals surface area contributed by atoms with Gasteiger partial charge in [0.1, 0.15) is 0 Å². The number of amides is 1. The molecule has 2 aliphatic rings. The number of nitrogens with one attached hydrogen (secondary N) is 1. The molecule has 1 amide bonds. The maximum absolute atomic E-state index is 11.8. The second-order valence-corrected chi connectivity index (χ2v) is 6.48. The topological polar surface area (TPSA) is 67.6 Å². The number of nitrogens with zero attached hydrogens (tertiary/aromatic N) is 1. The molecule has 5 nitrogen and oxygen atoms in total. The number of rotatable bonds is 7. The standard InChI is InChI=1S/C16H31N3O2/c17-15-5-2-14(3-6-15)4-7-16(20)18-8-1-9-19-10-12-21-13-11-19/h14-15H,1-13,17H2,(H,18,20). The summed E-state index contributed by atoms with van der Waals surface area (Å²) < 4.78 is 5.32. The Morgan fingerprint density at radius 2 is 1.90 bits per heavy atom. The van der Waals surface area contributed by atoms with Gasteiger partial charge in [-0.1, -0.05) is 0 Å². The van der Waals surface area contributed by atoms with Gasteiger partial charge < -0.3 is 15.8 Å². The smallest absolute Gasteiger partial charge is 0.220 e. The average Bonchev–Trinajstić information content (AvgIpc) is 2.52. The minimum Gasteiger partial charge on any atom is -0.379 e. The van der Waals surface area contributed by atoms with Crippen LogP contribution in [-0.2, 0) is 9.53 Å². The molecule has 0 unspecified atom stereocenters. The van der Waals surface area contributed by atoms with E-state index in [2.05, 4.69) is 10.2 Å². The highest BCUT2D eigenvalue weighted by molar-refractivity contribution is 5.75. The van der Waals surface area contributed by atoms with Crippen LogP contribution < -0.4 is 11.1 Å². The van der Waals surface area contributed by atoms with Gasteiger partial charge in [-0.15, -0.1) is 0 Å². The van der Waals surface area contributed by atoms with Gasteiger partial charge in [0.15, 0.2) is 0 Å². The normalized spacial score (nSPS) is 27.5. The first-order chi connectivity index (χ1) is 10.2. The zero-order valence-electron chi connectivity index (χ0n) is 13.2. The number of hydrogen-bond acceptors (Lipinski definition) is 4. The molecule has 1 saturated carbocycles. The first-order valence-electron chi connectivity index (χ1n) is 8.56. The van der Waals surface area contributed by atoms with Crippen molar-refractivity contribution >= 4 is 5.91 Å². The van der Waals surface area contributed by atoms with Gasteiger partial charge in [0, 0.05) is 32.1 Å². The van der Waals surface area contributed by atoms with Gasteiger partial charge >= 0.3 is 0 Å². The largest absolute Gasteiger partial charge is 0.379 e. The molecular formula is C16H31N3O2. The van der Waals surface area contributed by atoms with Crippen molar-refractivity contribution in [3.63, 3.8) is 0 Å². The second kappa shape index (κ2) is 9.38. The summed E-state index contributed by atoms with van der Waals surface area (Å²) in [6.07, 6.45) is 7.40. The molecule has 21 heavy (non-hydrogen) atoms. The maximum atomic E-state index is 11.8. The van der Waals surface area contributed by atoms with Crippen molar-refractivity contribution < 1.29 is 9.53 Å². The van der Waals surface area contributed by atoms with E-state index in [0.29, 0.717) is 18.4 Å². The molecule has 2 rings (SSSR count). The molecule has 0 aromatic heterocycles. The summed E-state index contributed by atoms with van der Waals surface area (Å²) in [4.78, 5) is 14.2. The van der Waals surface area contributed by atoms with E-state index >= 15 is 0 Å². The highest BCUT2D eigenvalue weighted by Gasteiger charge is 2.19. The Morgan fingerprint density at radius 3 is 2.62 bits per heavy atom. The van der Waals surface area contributed by atoms with Gasteiger partial charge in [0.25, 0.3) is 0 Å². The SMILES string of the molecule is NC1CCC(CCC(=O)NCCCN2CCOCC2)CC1. The number of morpholine rings is 1. The summed E-state index contributed by atoms with van der Waals surface area (Å²) >= 11 is 0.